The Hall–Kier alpha value is -2.58. The van der Waals surface area contributed by atoms with Crippen molar-refractivity contribution in [3.63, 3.8) is 0 Å². The van der Waals surface area contributed by atoms with Gasteiger partial charge >= 0.3 is 12.0 Å². The van der Waals surface area contributed by atoms with E-state index in [1.165, 1.54) is 6.07 Å². The third-order valence-corrected chi connectivity index (χ3v) is 7.44. The van der Waals surface area contributed by atoms with Crippen LogP contribution in [-0.2, 0) is 14.6 Å². The number of amides is 2. The van der Waals surface area contributed by atoms with Crippen LogP contribution in [0.2, 0.25) is 5.02 Å². The molecule has 164 valence electrons. The number of carbonyl (C=O) groups excluding carboxylic acids is 1. The van der Waals surface area contributed by atoms with E-state index >= 15 is 0 Å². The molecule has 9 heteroatoms. The summed E-state index contributed by atoms with van der Waals surface area (Å²) in [6.07, 6.45) is 1.65. The smallest absolute Gasteiger partial charge is 0.320 e. The zero-order chi connectivity index (χ0) is 22.3. The highest BCUT2D eigenvalue weighted by atomic mass is 35.5. The molecule has 2 aliphatic rings. The highest BCUT2D eigenvalue weighted by Crippen LogP contribution is 2.33. The fourth-order valence-electron chi connectivity index (χ4n) is 4.08. The largest absolute Gasteiger partial charge is 0.481 e. The molecule has 0 bridgehead atoms. The monoisotopic (exact) mass is 462 g/mol. The molecule has 2 aromatic carbocycles. The van der Waals surface area contributed by atoms with E-state index in [2.05, 4.69) is 0 Å². The van der Waals surface area contributed by atoms with Crippen LogP contribution >= 0.6 is 11.6 Å². The molecule has 0 saturated carbocycles. The van der Waals surface area contributed by atoms with Crippen LogP contribution in [0, 0.1) is 5.92 Å². The van der Waals surface area contributed by atoms with Crippen molar-refractivity contribution in [3.8, 4) is 11.1 Å². The molecule has 2 amide bonds. The maximum absolute atomic E-state index is 12.5. The van der Waals surface area contributed by atoms with Crippen LogP contribution in [0.25, 0.3) is 11.1 Å². The predicted octanol–water partition coefficient (Wildman–Crippen LogP) is 3.34. The summed E-state index contributed by atoms with van der Waals surface area (Å²) in [5, 5.41) is 9.47. The molecule has 7 nitrogen and oxygen atoms in total. The number of likely N-dealkylation sites (tertiary alicyclic amines) is 2. The van der Waals surface area contributed by atoms with Gasteiger partial charge in [-0.05, 0) is 29.7 Å². The van der Waals surface area contributed by atoms with Crippen molar-refractivity contribution in [1.29, 1.82) is 0 Å². The van der Waals surface area contributed by atoms with Gasteiger partial charge in [0, 0.05) is 48.9 Å². The van der Waals surface area contributed by atoms with Crippen LogP contribution in [0.3, 0.4) is 0 Å². The van der Waals surface area contributed by atoms with Crippen molar-refractivity contribution < 1.29 is 23.1 Å². The Morgan fingerprint density at radius 1 is 1.03 bits per heavy atom. The van der Waals surface area contributed by atoms with Crippen LogP contribution < -0.4 is 0 Å². The first-order chi connectivity index (χ1) is 14.6. The van der Waals surface area contributed by atoms with Gasteiger partial charge < -0.3 is 14.9 Å². The van der Waals surface area contributed by atoms with Crippen LogP contribution in [-0.4, -0.2) is 67.8 Å². The molecule has 2 aromatic rings. The highest BCUT2D eigenvalue weighted by Gasteiger charge is 2.38. The normalized spacial score (nSPS) is 19.4. The number of aliphatic carboxylic acids is 1. The Morgan fingerprint density at radius 2 is 1.71 bits per heavy atom. The minimum Gasteiger partial charge on any atom is -0.481 e. The number of nitrogens with zero attached hydrogens (tertiary/aromatic N) is 2. The number of carboxylic acid groups (broad SMARTS) is 1. The average Bonchev–Trinajstić information content (AvgIpc) is 3.17. The van der Waals surface area contributed by atoms with Gasteiger partial charge in [-0.1, -0.05) is 41.9 Å². The topological polar surface area (TPSA) is 95.0 Å². The lowest BCUT2D eigenvalue weighted by molar-refractivity contribution is -0.141. The number of hydrogen-bond acceptors (Lipinski definition) is 4. The zero-order valence-corrected chi connectivity index (χ0v) is 18.6. The summed E-state index contributed by atoms with van der Waals surface area (Å²) >= 11 is 6.31. The van der Waals surface area contributed by atoms with E-state index in [-0.39, 0.29) is 23.4 Å². The third-order valence-electron chi connectivity index (χ3n) is 6.02. The van der Waals surface area contributed by atoms with Gasteiger partial charge in [0.15, 0.2) is 9.84 Å². The van der Waals surface area contributed by atoms with E-state index in [9.17, 15) is 18.0 Å². The van der Waals surface area contributed by atoms with Crippen molar-refractivity contribution in [1.82, 2.24) is 9.80 Å². The molecule has 0 radical (unpaired) electrons. The number of benzene rings is 2. The van der Waals surface area contributed by atoms with E-state index in [0.29, 0.717) is 31.1 Å². The maximum Gasteiger partial charge on any atom is 0.320 e. The number of sulfone groups is 1. The Kier molecular flexibility index (Phi) is 5.70. The van der Waals surface area contributed by atoms with Gasteiger partial charge in [-0.25, -0.2) is 13.2 Å². The van der Waals surface area contributed by atoms with Gasteiger partial charge in [0.1, 0.15) is 0 Å². The first-order valence-corrected chi connectivity index (χ1v) is 12.3. The Morgan fingerprint density at radius 3 is 2.26 bits per heavy atom. The Labute approximate surface area is 186 Å². The molecule has 2 saturated heterocycles. The predicted molar refractivity (Wildman–Crippen MR) is 117 cm³/mol. The SMILES string of the molecule is CS(=O)(=O)c1ccc(-c2ccc(C3CN(C(=O)N4CCC(C(=O)O)C4)C3)cc2)c(Cl)c1. The molecule has 2 fully saturated rings. The van der Waals surface area contributed by atoms with Crippen molar-refractivity contribution in [2.45, 2.75) is 17.2 Å². The average molecular weight is 463 g/mol. The fraction of sp³-hybridized carbons (Fsp3) is 0.364. The first kappa shape index (κ1) is 21.6. The lowest BCUT2D eigenvalue weighted by atomic mass is 9.90. The van der Waals surface area contributed by atoms with Gasteiger partial charge in [-0.15, -0.1) is 0 Å². The summed E-state index contributed by atoms with van der Waals surface area (Å²) in [5.41, 5.74) is 2.76. The summed E-state index contributed by atoms with van der Waals surface area (Å²) < 4.78 is 23.4. The number of urea groups is 1. The quantitative estimate of drug-likeness (QED) is 0.751. The molecule has 2 heterocycles. The van der Waals surface area contributed by atoms with Gasteiger partial charge in [-0.3, -0.25) is 4.79 Å². The molecule has 1 N–H and O–H groups in total. The maximum atomic E-state index is 12.5. The lowest BCUT2D eigenvalue weighted by Gasteiger charge is -2.41. The van der Waals surface area contributed by atoms with E-state index in [0.717, 1.165) is 22.9 Å². The standard InChI is InChI=1S/C22H23ClN2O5S/c1-31(29,30)18-6-7-19(20(23)10-18)15-4-2-14(3-5-15)17-12-25(13-17)22(28)24-9-8-16(11-24)21(26)27/h2-7,10,16-17H,8-9,11-13H2,1H3,(H,26,27). The summed E-state index contributed by atoms with van der Waals surface area (Å²) in [6.45, 7) is 1.99. The molecule has 1 atom stereocenters. The lowest BCUT2D eigenvalue weighted by Crippen LogP contribution is -2.53. The molecule has 0 aromatic heterocycles. The van der Waals surface area contributed by atoms with Crippen molar-refractivity contribution in [2.75, 3.05) is 32.4 Å². The van der Waals surface area contributed by atoms with E-state index in [1.54, 1.807) is 21.9 Å². The van der Waals surface area contributed by atoms with E-state index in [4.69, 9.17) is 16.7 Å². The van der Waals surface area contributed by atoms with Crippen LogP contribution in [0.4, 0.5) is 4.79 Å². The number of rotatable bonds is 4. The molecule has 2 aliphatic heterocycles. The Balaban J connectivity index is 1.38. The van der Waals surface area contributed by atoms with E-state index < -0.39 is 21.7 Å². The molecule has 0 spiro atoms. The number of carbonyl (C=O) groups is 2. The Bertz CT molecular complexity index is 1130. The van der Waals surface area contributed by atoms with Crippen LogP contribution in [0.15, 0.2) is 47.4 Å². The minimum atomic E-state index is -3.31. The second-order valence-corrected chi connectivity index (χ2v) is 10.6. The van der Waals surface area contributed by atoms with Crippen molar-refractivity contribution in [2.24, 2.45) is 5.92 Å². The third kappa shape index (κ3) is 4.41. The van der Waals surface area contributed by atoms with Gasteiger partial charge in [0.05, 0.1) is 10.8 Å². The number of halogens is 1. The minimum absolute atomic E-state index is 0.0885. The van der Waals surface area contributed by atoms with Crippen molar-refractivity contribution in [3.05, 3.63) is 53.1 Å². The van der Waals surface area contributed by atoms with E-state index in [1.807, 2.05) is 24.3 Å². The first-order valence-electron chi connectivity index (χ1n) is 10.00. The van der Waals surface area contributed by atoms with Gasteiger partial charge in [-0.2, -0.15) is 0 Å². The van der Waals surface area contributed by atoms with Gasteiger partial charge in [0.25, 0.3) is 0 Å². The summed E-state index contributed by atoms with van der Waals surface area (Å²) in [7, 11) is -3.31. The molecular weight excluding hydrogens is 440 g/mol. The summed E-state index contributed by atoms with van der Waals surface area (Å²) in [6, 6.07) is 12.5. The number of carboxylic acids is 1. The molecule has 1 unspecified atom stereocenters. The zero-order valence-electron chi connectivity index (χ0n) is 17.0. The number of hydrogen-bond donors (Lipinski definition) is 1. The van der Waals surface area contributed by atoms with Crippen LogP contribution in [0.1, 0.15) is 17.9 Å². The highest BCUT2D eigenvalue weighted by molar-refractivity contribution is 7.90. The van der Waals surface area contributed by atoms with Crippen LogP contribution in [0.5, 0.6) is 0 Å². The summed E-state index contributed by atoms with van der Waals surface area (Å²) in [5.74, 6) is -1.08. The molecule has 31 heavy (non-hydrogen) atoms. The molecular formula is C22H23ClN2O5S. The van der Waals surface area contributed by atoms with Gasteiger partial charge in [0.2, 0.25) is 0 Å². The molecule has 0 aliphatic carbocycles. The fourth-order valence-corrected chi connectivity index (χ4v) is 5.08. The summed E-state index contributed by atoms with van der Waals surface area (Å²) in [4.78, 5) is 27.2. The second kappa shape index (κ2) is 8.16. The van der Waals surface area contributed by atoms with Crippen molar-refractivity contribution >= 4 is 33.4 Å². The molecule has 4 rings (SSSR count). The second-order valence-electron chi connectivity index (χ2n) is 8.19.